The number of ether oxygens (including phenoxy) is 4. The van der Waals surface area contributed by atoms with E-state index in [4.69, 9.17) is 28.9 Å². The van der Waals surface area contributed by atoms with Gasteiger partial charge in [-0.1, -0.05) is 32.0 Å². The molecular weight excluding hydrogens is 540 g/mol. The molecule has 0 radical (unpaired) electrons. The molecule has 4 heterocycles. The van der Waals surface area contributed by atoms with E-state index in [1.807, 2.05) is 48.7 Å². The molecule has 1 saturated heterocycles. The van der Waals surface area contributed by atoms with Crippen LogP contribution in [0.4, 0.5) is 5.82 Å². The van der Waals surface area contributed by atoms with E-state index in [1.54, 1.807) is 19.5 Å². The summed E-state index contributed by atoms with van der Waals surface area (Å²) in [5, 5.41) is 0.788. The number of hydrogen-bond acceptors (Lipinski definition) is 11. The van der Waals surface area contributed by atoms with Crippen LogP contribution in [0, 0.1) is 0 Å². The van der Waals surface area contributed by atoms with E-state index in [-0.39, 0.29) is 0 Å². The van der Waals surface area contributed by atoms with Crippen molar-refractivity contribution in [1.82, 2.24) is 24.8 Å². The topological polar surface area (TPSA) is 104 Å². The number of morpholine rings is 1. The maximum absolute atomic E-state index is 6.42. The van der Waals surface area contributed by atoms with Gasteiger partial charge in [-0.25, -0.2) is 9.97 Å². The Morgan fingerprint density at radius 3 is 2.49 bits per heavy atom. The summed E-state index contributed by atoms with van der Waals surface area (Å²) < 4.78 is 27.1. The molecule has 4 aromatic rings. The molecule has 1 aliphatic rings. The zero-order valence-corrected chi connectivity index (χ0v) is 24.3. The lowest BCUT2D eigenvalue weighted by Crippen LogP contribution is -2.38. The summed E-state index contributed by atoms with van der Waals surface area (Å²) in [7, 11) is 1.60. The van der Waals surface area contributed by atoms with Crippen LogP contribution in [0.1, 0.15) is 25.3 Å². The van der Waals surface area contributed by atoms with Crippen molar-refractivity contribution < 1.29 is 18.9 Å². The third-order valence-corrected chi connectivity index (χ3v) is 7.23. The Morgan fingerprint density at radius 1 is 1.00 bits per heavy atom. The normalized spacial score (nSPS) is 13.7. The molecular formula is C30H34N6O4S. The third kappa shape index (κ3) is 7.63. The molecule has 0 saturated carbocycles. The van der Waals surface area contributed by atoms with E-state index in [1.165, 1.54) is 17.5 Å². The van der Waals surface area contributed by atoms with Gasteiger partial charge in [0, 0.05) is 55.7 Å². The second-order valence-electron chi connectivity index (χ2n) is 9.61. The molecule has 41 heavy (non-hydrogen) atoms. The van der Waals surface area contributed by atoms with E-state index in [0.29, 0.717) is 47.3 Å². The van der Waals surface area contributed by atoms with Crippen LogP contribution < -0.4 is 18.9 Å². The van der Waals surface area contributed by atoms with Crippen LogP contribution in [0.2, 0.25) is 0 Å². The van der Waals surface area contributed by atoms with E-state index < -0.39 is 0 Å². The molecule has 0 aliphatic carbocycles. The first-order chi connectivity index (χ1) is 20.1. The highest BCUT2D eigenvalue weighted by atomic mass is 32.2. The van der Waals surface area contributed by atoms with Gasteiger partial charge >= 0.3 is 0 Å². The summed E-state index contributed by atoms with van der Waals surface area (Å²) in [6, 6.07) is 15.2. The molecule has 11 heteroatoms. The number of para-hydroxylation sites is 2. The number of hydrogen-bond donors (Lipinski definition) is 1. The zero-order chi connectivity index (χ0) is 28.4. The standard InChI is InChI=1S/C30H34N6O4S/c1-21(2)23-8-9-26(32-20-23)41-35-29-27(40-25-7-5-4-6-24(25)37-3)30(39-19-16-36-14-17-38-18-15-36)34-28(33-29)22-10-12-31-13-11-22/h4-13,20-21H,14-19H2,1-3H3,(H,33,34,35). The van der Waals surface area contributed by atoms with Gasteiger partial charge in [0.05, 0.1) is 20.3 Å². The molecule has 1 aromatic carbocycles. The van der Waals surface area contributed by atoms with Crippen LogP contribution in [-0.4, -0.2) is 71.4 Å². The van der Waals surface area contributed by atoms with E-state index in [0.717, 1.165) is 43.4 Å². The monoisotopic (exact) mass is 574 g/mol. The van der Waals surface area contributed by atoms with E-state index in [2.05, 4.69) is 39.5 Å². The summed E-state index contributed by atoms with van der Waals surface area (Å²) in [5.74, 6) is 3.08. The highest BCUT2D eigenvalue weighted by Gasteiger charge is 2.22. The molecule has 1 N–H and O–H groups in total. The minimum atomic E-state index is 0.317. The second kappa shape index (κ2) is 14.1. The Bertz CT molecular complexity index is 1400. The number of nitrogens with one attached hydrogen (secondary N) is 1. The van der Waals surface area contributed by atoms with Crippen molar-refractivity contribution in [2.45, 2.75) is 24.8 Å². The molecule has 0 spiro atoms. The van der Waals surface area contributed by atoms with Crippen molar-refractivity contribution in [1.29, 1.82) is 0 Å². The summed E-state index contributed by atoms with van der Waals surface area (Å²) in [4.78, 5) is 20.7. The largest absolute Gasteiger partial charge is 0.493 e. The minimum absolute atomic E-state index is 0.317. The third-order valence-electron chi connectivity index (χ3n) is 6.48. The summed E-state index contributed by atoms with van der Waals surface area (Å²) >= 11 is 1.34. The quantitative estimate of drug-likeness (QED) is 0.211. The summed E-state index contributed by atoms with van der Waals surface area (Å²) in [6.07, 6.45) is 5.31. The van der Waals surface area contributed by atoms with Crippen molar-refractivity contribution in [2.75, 3.05) is 51.3 Å². The first-order valence-electron chi connectivity index (χ1n) is 13.6. The maximum atomic E-state index is 6.42. The molecule has 10 nitrogen and oxygen atoms in total. The lowest BCUT2D eigenvalue weighted by atomic mass is 10.1. The zero-order valence-electron chi connectivity index (χ0n) is 23.4. The number of nitrogens with zero attached hydrogens (tertiary/aromatic N) is 5. The predicted octanol–water partition coefficient (Wildman–Crippen LogP) is 5.69. The lowest BCUT2D eigenvalue weighted by molar-refractivity contribution is 0.0318. The summed E-state index contributed by atoms with van der Waals surface area (Å²) in [5.41, 5.74) is 1.97. The number of benzene rings is 1. The maximum Gasteiger partial charge on any atom is 0.263 e. The Hall–Kier alpha value is -3.93. The molecule has 0 bridgehead atoms. The SMILES string of the molecule is COc1ccccc1Oc1c(NSc2ccc(C(C)C)cn2)nc(-c2ccncc2)nc1OCCN1CCOCC1. The molecule has 5 rings (SSSR count). The van der Waals surface area contributed by atoms with Gasteiger partial charge in [0.25, 0.3) is 5.88 Å². The Labute approximate surface area is 244 Å². The van der Waals surface area contributed by atoms with Crippen LogP contribution in [0.3, 0.4) is 0 Å². The Kier molecular flexibility index (Phi) is 9.84. The molecule has 214 valence electrons. The molecule has 3 aromatic heterocycles. The first kappa shape index (κ1) is 28.6. The van der Waals surface area contributed by atoms with Crippen molar-refractivity contribution in [2.24, 2.45) is 0 Å². The highest BCUT2D eigenvalue weighted by molar-refractivity contribution is 8.00. The van der Waals surface area contributed by atoms with Crippen LogP contribution >= 0.6 is 11.9 Å². The molecule has 0 unspecified atom stereocenters. The van der Waals surface area contributed by atoms with Gasteiger partial charge < -0.3 is 23.7 Å². The summed E-state index contributed by atoms with van der Waals surface area (Å²) in [6.45, 7) is 8.61. The van der Waals surface area contributed by atoms with Crippen molar-refractivity contribution >= 4 is 17.8 Å². The van der Waals surface area contributed by atoms with Crippen LogP contribution in [0.15, 0.2) is 72.1 Å². The number of methoxy groups -OCH3 is 1. The molecule has 1 aliphatic heterocycles. The average molecular weight is 575 g/mol. The lowest BCUT2D eigenvalue weighted by Gasteiger charge is -2.26. The van der Waals surface area contributed by atoms with Crippen LogP contribution in [0.25, 0.3) is 11.4 Å². The Morgan fingerprint density at radius 2 is 1.78 bits per heavy atom. The number of pyridine rings is 2. The fourth-order valence-electron chi connectivity index (χ4n) is 4.12. The van der Waals surface area contributed by atoms with Gasteiger partial charge in [0.1, 0.15) is 11.6 Å². The van der Waals surface area contributed by atoms with Crippen LogP contribution in [-0.2, 0) is 4.74 Å². The highest BCUT2D eigenvalue weighted by Crippen LogP contribution is 2.42. The van der Waals surface area contributed by atoms with Crippen molar-refractivity contribution in [3.8, 4) is 34.5 Å². The van der Waals surface area contributed by atoms with E-state index in [9.17, 15) is 0 Å². The number of anilines is 1. The fourth-order valence-corrected chi connectivity index (χ4v) is 4.70. The van der Waals surface area contributed by atoms with Crippen molar-refractivity contribution in [3.63, 3.8) is 0 Å². The van der Waals surface area contributed by atoms with Gasteiger partial charge in [-0.15, -0.1) is 0 Å². The number of rotatable bonds is 12. The van der Waals surface area contributed by atoms with Gasteiger partial charge in [-0.05, 0) is 41.8 Å². The second-order valence-corrected chi connectivity index (χ2v) is 10.4. The smallest absolute Gasteiger partial charge is 0.263 e. The average Bonchev–Trinajstić information content (AvgIpc) is 3.02. The predicted molar refractivity (Wildman–Crippen MR) is 159 cm³/mol. The van der Waals surface area contributed by atoms with Gasteiger partial charge in [-0.3, -0.25) is 9.88 Å². The Balaban J connectivity index is 1.49. The van der Waals surface area contributed by atoms with Crippen LogP contribution in [0.5, 0.6) is 23.1 Å². The van der Waals surface area contributed by atoms with E-state index >= 15 is 0 Å². The minimum Gasteiger partial charge on any atom is -0.493 e. The molecule has 0 atom stereocenters. The molecule has 1 fully saturated rings. The van der Waals surface area contributed by atoms with Crippen molar-refractivity contribution in [3.05, 3.63) is 72.7 Å². The van der Waals surface area contributed by atoms with Gasteiger partial charge in [-0.2, -0.15) is 4.98 Å². The number of aromatic nitrogens is 4. The van der Waals surface area contributed by atoms with Gasteiger partial charge in [0.2, 0.25) is 5.75 Å². The first-order valence-corrected chi connectivity index (χ1v) is 14.4. The fraction of sp³-hybridized carbons (Fsp3) is 0.333. The van der Waals surface area contributed by atoms with Gasteiger partial charge in [0.15, 0.2) is 23.1 Å². The molecule has 0 amide bonds.